The predicted octanol–water partition coefficient (Wildman–Crippen LogP) is 12.1. The highest BCUT2D eigenvalue weighted by molar-refractivity contribution is 7.40. The summed E-state index contributed by atoms with van der Waals surface area (Å²) in [7, 11) is 1.10. The third-order valence-electron chi connectivity index (χ3n) is 9.93. The normalized spacial score (nSPS) is 12.4. The molecule has 0 aliphatic carbocycles. The summed E-state index contributed by atoms with van der Waals surface area (Å²) in [5, 5.41) is 0. The van der Waals surface area contributed by atoms with E-state index >= 15 is 0 Å². The number of rotatable bonds is 34. The Morgan fingerprint density at radius 3 is 0.667 bits per heavy atom. The third-order valence-corrected chi connectivity index (χ3v) is 36.9. The lowest BCUT2D eigenvalue weighted by molar-refractivity contribution is 0.557. The van der Waals surface area contributed by atoms with Crippen molar-refractivity contribution in [2.75, 3.05) is 0 Å². The first-order valence-electron chi connectivity index (χ1n) is 19.2. The lowest BCUT2D eigenvalue weighted by atomic mass is 10.1. The van der Waals surface area contributed by atoms with E-state index in [1.165, 1.54) is 154 Å². The highest BCUT2D eigenvalue weighted by Crippen LogP contribution is 2.29. The van der Waals surface area contributed by atoms with Crippen molar-refractivity contribution >= 4 is 25.9 Å². The number of hydrogen-bond acceptors (Lipinski definition) is 0. The predicted molar refractivity (Wildman–Crippen MR) is 194 cm³/mol. The van der Waals surface area contributed by atoms with E-state index in [0.29, 0.717) is 8.55 Å². The molecule has 0 nitrogen and oxygen atoms in total. The van der Waals surface area contributed by atoms with E-state index in [1.54, 1.807) is 66.4 Å². The maximum atomic E-state index is 2.33. The summed E-state index contributed by atoms with van der Waals surface area (Å²) in [5.41, 5.74) is 0. The van der Waals surface area contributed by atoms with E-state index in [9.17, 15) is 0 Å². The molecule has 0 unspecified atom stereocenters. The van der Waals surface area contributed by atoms with Crippen LogP contribution >= 0.6 is 0 Å². The Balaban J connectivity index is 4.22. The van der Waals surface area contributed by atoms with Crippen LogP contribution in [-0.2, 0) is 0 Å². The van der Waals surface area contributed by atoms with Crippen molar-refractivity contribution in [3.63, 3.8) is 0 Å². The van der Waals surface area contributed by atoms with Gasteiger partial charge in [-0.05, 0) is 9.76 Å². The molecule has 0 aliphatic heterocycles. The van der Waals surface area contributed by atoms with Crippen LogP contribution < -0.4 is 0 Å². The zero-order valence-corrected chi connectivity index (χ0v) is 33.0. The standard InChI is InChI=1S/C36H80Si3/c1-4-7-10-13-16-19-22-25-28-31-34-39(38-37,35-32-29-26-23-20-17-14-11-8-5-2)36-33-30-27-24-21-18-15-12-9-6-3/h4-36,38H2,1-3,37H3. The Morgan fingerprint density at radius 1 is 0.308 bits per heavy atom. The van der Waals surface area contributed by atoms with Crippen molar-refractivity contribution < 1.29 is 0 Å². The van der Waals surface area contributed by atoms with Gasteiger partial charge >= 0.3 is 0 Å². The zero-order valence-electron chi connectivity index (χ0n) is 28.5. The lowest BCUT2D eigenvalue weighted by Gasteiger charge is -2.31. The molecule has 3 heteroatoms. The van der Waals surface area contributed by atoms with Gasteiger partial charge in [0.2, 0.25) is 0 Å². The summed E-state index contributed by atoms with van der Waals surface area (Å²) < 4.78 is 0. The minimum Gasteiger partial charge on any atom is -0.0654 e. The van der Waals surface area contributed by atoms with Gasteiger partial charge in [0.25, 0.3) is 0 Å². The van der Waals surface area contributed by atoms with Gasteiger partial charge in [-0.1, -0.05) is 232 Å². The Morgan fingerprint density at radius 2 is 0.487 bits per heavy atom. The van der Waals surface area contributed by atoms with Gasteiger partial charge in [0, 0.05) is 16.1 Å². The van der Waals surface area contributed by atoms with Gasteiger partial charge in [0.15, 0.2) is 0 Å². The largest absolute Gasteiger partial charge is 0.0654 e. The van der Waals surface area contributed by atoms with Gasteiger partial charge in [-0.25, -0.2) is 0 Å². The second-order valence-corrected chi connectivity index (χ2v) is 31.8. The van der Waals surface area contributed by atoms with Crippen molar-refractivity contribution in [3.8, 4) is 0 Å². The van der Waals surface area contributed by atoms with Crippen LogP contribution in [0.15, 0.2) is 0 Å². The van der Waals surface area contributed by atoms with Crippen LogP contribution in [0.4, 0.5) is 0 Å². The first-order chi connectivity index (χ1) is 19.2. The van der Waals surface area contributed by atoms with Crippen LogP contribution in [-0.4, -0.2) is 25.9 Å². The molecule has 0 atom stereocenters. The second-order valence-electron chi connectivity index (χ2n) is 13.6. The van der Waals surface area contributed by atoms with Gasteiger partial charge in [0.05, 0.1) is 0 Å². The molecule has 0 amide bonds. The van der Waals surface area contributed by atoms with Crippen LogP contribution in [0.2, 0.25) is 18.1 Å². The highest BCUT2D eigenvalue weighted by Gasteiger charge is 2.29. The Labute approximate surface area is 256 Å². The van der Waals surface area contributed by atoms with Crippen LogP contribution in [0, 0.1) is 0 Å². The van der Waals surface area contributed by atoms with Gasteiger partial charge in [0.1, 0.15) is 0 Å². The van der Waals surface area contributed by atoms with E-state index in [-0.39, 0.29) is 0 Å². The maximum Gasteiger partial charge on any atom is 0.0367 e. The SMILES string of the molecule is CCCCCCCCCCCC[Si](CCCCCCCCCCCC)(CCCCCCCCCCCC)[SiH2][SiH3]. The van der Waals surface area contributed by atoms with E-state index < -0.39 is 7.59 Å². The first-order valence-corrected chi connectivity index (χ1v) is 29.8. The molecule has 0 radical (unpaired) electrons. The number of hydrogen-bond donors (Lipinski definition) is 0. The van der Waals surface area contributed by atoms with E-state index in [0.717, 1.165) is 0 Å². The molecule has 0 spiro atoms. The van der Waals surface area contributed by atoms with E-state index in [4.69, 9.17) is 0 Å². The number of unbranched alkanes of at least 4 members (excludes halogenated alkanes) is 27. The fourth-order valence-corrected chi connectivity index (χ4v) is 26.7. The molecule has 0 bridgehead atoms. The lowest BCUT2D eigenvalue weighted by Crippen LogP contribution is -2.42. The molecular formula is C36H80Si3. The van der Waals surface area contributed by atoms with Gasteiger partial charge < -0.3 is 0 Å². The fourth-order valence-electron chi connectivity index (χ4n) is 6.87. The molecule has 0 saturated heterocycles. The molecule has 0 aromatic rings. The molecule has 0 heterocycles. The van der Waals surface area contributed by atoms with Crippen molar-refractivity contribution in [1.82, 2.24) is 0 Å². The van der Waals surface area contributed by atoms with Gasteiger partial charge in [-0.3, -0.25) is 0 Å². The van der Waals surface area contributed by atoms with Crippen LogP contribution in [0.1, 0.15) is 213 Å². The summed E-state index contributed by atoms with van der Waals surface area (Å²) >= 11 is 0. The van der Waals surface area contributed by atoms with E-state index in [1.807, 2.05) is 0 Å². The molecular weight excluding hydrogens is 517 g/mol. The molecule has 0 aromatic heterocycles. The van der Waals surface area contributed by atoms with Crippen LogP contribution in [0.3, 0.4) is 0 Å². The fraction of sp³-hybridized carbons (Fsp3) is 1.00. The summed E-state index contributed by atoms with van der Waals surface area (Å²) in [6.45, 7) is 6.99. The van der Waals surface area contributed by atoms with Gasteiger partial charge in [-0.15, -0.1) is 0 Å². The summed E-state index contributed by atoms with van der Waals surface area (Å²) in [4.78, 5) is 0. The molecule has 0 aliphatic rings. The topological polar surface area (TPSA) is 0 Å². The highest BCUT2D eigenvalue weighted by atomic mass is 29.5. The maximum absolute atomic E-state index is 2.33. The average molecular weight is 597 g/mol. The monoisotopic (exact) mass is 597 g/mol. The Hall–Kier alpha value is 0.651. The van der Waals surface area contributed by atoms with Crippen LogP contribution in [0.25, 0.3) is 0 Å². The van der Waals surface area contributed by atoms with Crippen molar-refractivity contribution in [2.45, 2.75) is 232 Å². The molecule has 0 saturated carbocycles. The first kappa shape index (κ1) is 39.7. The molecule has 236 valence electrons. The molecule has 39 heavy (non-hydrogen) atoms. The summed E-state index contributed by atoms with van der Waals surface area (Å²) in [5.74, 6) is 0. The van der Waals surface area contributed by atoms with Crippen molar-refractivity contribution in [2.24, 2.45) is 0 Å². The molecule has 0 rings (SSSR count). The minimum atomic E-state index is -0.840. The summed E-state index contributed by atoms with van der Waals surface area (Å²) in [6.07, 6.45) is 45.2. The van der Waals surface area contributed by atoms with E-state index in [2.05, 4.69) is 20.8 Å². The average Bonchev–Trinajstić information content (AvgIpc) is 2.95. The zero-order chi connectivity index (χ0) is 28.5. The Bertz CT molecular complexity index is 379. The third kappa shape index (κ3) is 28.5. The molecule has 0 fully saturated rings. The smallest absolute Gasteiger partial charge is 0.0367 e. The second kappa shape index (κ2) is 33.2. The minimum absolute atomic E-state index is 0.331. The Kier molecular flexibility index (Phi) is 33.7. The van der Waals surface area contributed by atoms with Crippen molar-refractivity contribution in [1.29, 1.82) is 0 Å². The van der Waals surface area contributed by atoms with Crippen LogP contribution in [0.5, 0.6) is 0 Å². The molecule has 0 aromatic carbocycles. The molecule has 0 N–H and O–H groups in total. The summed E-state index contributed by atoms with van der Waals surface area (Å²) in [6, 6.07) is 5.27. The quantitative estimate of drug-likeness (QED) is 0.0512. The van der Waals surface area contributed by atoms with Gasteiger partial charge in [-0.2, -0.15) is 0 Å². The van der Waals surface area contributed by atoms with Crippen molar-refractivity contribution in [3.05, 3.63) is 0 Å².